The number of para-hydroxylation sites is 1. The number of benzene rings is 2. The van der Waals surface area contributed by atoms with Crippen molar-refractivity contribution in [3.05, 3.63) is 65.2 Å². The van der Waals surface area contributed by atoms with E-state index in [0.717, 1.165) is 30.8 Å². The van der Waals surface area contributed by atoms with E-state index in [2.05, 4.69) is 49.4 Å². The number of carbonyl (C=O) groups is 1. The zero-order chi connectivity index (χ0) is 15.4. The summed E-state index contributed by atoms with van der Waals surface area (Å²) in [5.74, 6) is 1.66. The summed E-state index contributed by atoms with van der Waals surface area (Å²) in [5.41, 5.74) is 4.96. The number of anilines is 1. The maximum absolute atomic E-state index is 12.5. The quantitative estimate of drug-likeness (QED) is 0.843. The van der Waals surface area contributed by atoms with Crippen molar-refractivity contribution in [1.82, 2.24) is 0 Å². The molecular formula is C19H21NOS. The summed E-state index contributed by atoms with van der Waals surface area (Å²) in [7, 11) is 0. The van der Waals surface area contributed by atoms with Crippen LogP contribution in [-0.2, 0) is 17.0 Å². The van der Waals surface area contributed by atoms with E-state index in [4.69, 9.17) is 0 Å². The molecule has 0 atom stereocenters. The maximum Gasteiger partial charge on any atom is 0.236 e. The highest BCUT2D eigenvalue weighted by atomic mass is 32.2. The van der Waals surface area contributed by atoms with Crippen LogP contribution in [0.4, 0.5) is 5.69 Å². The first-order chi connectivity index (χ1) is 10.7. The Hall–Kier alpha value is -1.74. The smallest absolute Gasteiger partial charge is 0.236 e. The molecule has 2 nitrogen and oxygen atoms in total. The second-order valence-corrected chi connectivity index (χ2v) is 6.74. The van der Waals surface area contributed by atoms with E-state index < -0.39 is 0 Å². The summed E-state index contributed by atoms with van der Waals surface area (Å²) in [6.45, 7) is 2.94. The zero-order valence-electron chi connectivity index (χ0n) is 12.9. The minimum Gasteiger partial charge on any atom is -0.311 e. The monoisotopic (exact) mass is 311 g/mol. The first-order valence-corrected chi connectivity index (χ1v) is 8.91. The molecular weight excluding hydrogens is 290 g/mol. The van der Waals surface area contributed by atoms with Crippen molar-refractivity contribution in [2.75, 3.05) is 17.2 Å². The van der Waals surface area contributed by atoms with Crippen LogP contribution >= 0.6 is 11.8 Å². The molecule has 0 bridgehead atoms. The number of thioether (sulfide) groups is 1. The molecule has 1 aliphatic rings. The van der Waals surface area contributed by atoms with Crippen LogP contribution in [0, 0.1) is 6.92 Å². The normalized spacial score (nSPS) is 13.8. The van der Waals surface area contributed by atoms with E-state index in [1.165, 1.54) is 16.7 Å². The molecule has 3 rings (SSSR count). The second-order valence-electron chi connectivity index (χ2n) is 5.76. The van der Waals surface area contributed by atoms with Crippen molar-refractivity contribution in [3.8, 4) is 0 Å². The predicted octanol–water partition coefficient (Wildman–Crippen LogP) is 4.21. The summed E-state index contributed by atoms with van der Waals surface area (Å²) in [6, 6.07) is 16.8. The molecule has 0 aromatic heterocycles. The standard InChI is InChI=1S/C19H21NOS/c1-15-8-10-16(11-9-15)13-22-14-19(21)20-12-4-6-17-5-2-3-7-18(17)20/h2-3,5,7-11H,4,6,12-14H2,1H3. The molecule has 1 amide bonds. The molecule has 0 spiro atoms. The minimum atomic E-state index is 0.226. The van der Waals surface area contributed by atoms with E-state index in [0.29, 0.717) is 5.75 Å². The second kappa shape index (κ2) is 7.01. The summed E-state index contributed by atoms with van der Waals surface area (Å²) < 4.78 is 0. The Morgan fingerprint density at radius 2 is 1.91 bits per heavy atom. The number of nitrogens with zero attached hydrogens (tertiary/aromatic N) is 1. The maximum atomic E-state index is 12.5. The Kier molecular flexibility index (Phi) is 4.84. The fraction of sp³-hybridized carbons (Fsp3) is 0.316. The van der Waals surface area contributed by atoms with Gasteiger partial charge in [0.25, 0.3) is 0 Å². The van der Waals surface area contributed by atoms with Crippen LogP contribution in [-0.4, -0.2) is 18.2 Å². The lowest BCUT2D eigenvalue weighted by molar-refractivity contribution is -0.116. The lowest BCUT2D eigenvalue weighted by Gasteiger charge is -2.29. The minimum absolute atomic E-state index is 0.226. The molecule has 0 radical (unpaired) electrons. The van der Waals surface area contributed by atoms with Gasteiger partial charge in [-0.3, -0.25) is 4.79 Å². The van der Waals surface area contributed by atoms with Gasteiger partial charge in [0.15, 0.2) is 0 Å². The molecule has 0 N–H and O–H groups in total. The Balaban J connectivity index is 1.58. The fourth-order valence-electron chi connectivity index (χ4n) is 2.81. The fourth-order valence-corrected chi connectivity index (χ4v) is 3.67. The third-order valence-corrected chi connectivity index (χ3v) is 5.01. The van der Waals surface area contributed by atoms with Crippen molar-refractivity contribution >= 4 is 23.4 Å². The van der Waals surface area contributed by atoms with Gasteiger partial charge in [-0.25, -0.2) is 0 Å². The highest BCUT2D eigenvalue weighted by molar-refractivity contribution is 7.99. The molecule has 1 heterocycles. The number of hydrogen-bond acceptors (Lipinski definition) is 2. The third-order valence-electron chi connectivity index (χ3n) is 4.03. The van der Waals surface area contributed by atoms with Gasteiger partial charge in [0.2, 0.25) is 5.91 Å². The zero-order valence-corrected chi connectivity index (χ0v) is 13.7. The third kappa shape index (κ3) is 3.53. The number of fused-ring (bicyclic) bond motifs is 1. The van der Waals surface area contributed by atoms with Gasteiger partial charge in [-0.15, -0.1) is 11.8 Å². The van der Waals surface area contributed by atoms with Crippen LogP contribution in [0.25, 0.3) is 0 Å². The molecule has 22 heavy (non-hydrogen) atoms. The van der Waals surface area contributed by atoms with Crippen molar-refractivity contribution in [1.29, 1.82) is 0 Å². The van der Waals surface area contributed by atoms with Crippen molar-refractivity contribution in [2.45, 2.75) is 25.5 Å². The number of rotatable bonds is 4. The summed E-state index contributed by atoms with van der Waals surface area (Å²) in [4.78, 5) is 14.5. The van der Waals surface area contributed by atoms with Crippen LogP contribution in [0.15, 0.2) is 48.5 Å². The van der Waals surface area contributed by atoms with Gasteiger partial charge >= 0.3 is 0 Å². The molecule has 1 aliphatic heterocycles. The van der Waals surface area contributed by atoms with Crippen LogP contribution in [0.2, 0.25) is 0 Å². The van der Waals surface area contributed by atoms with Crippen LogP contribution < -0.4 is 4.90 Å². The van der Waals surface area contributed by atoms with E-state index in [-0.39, 0.29) is 5.91 Å². The van der Waals surface area contributed by atoms with Gasteiger partial charge < -0.3 is 4.90 Å². The number of hydrogen-bond donors (Lipinski definition) is 0. The van der Waals surface area contributed by atoms with E-state index in [1.807, 2.05) is 11.0 Å². The highest BCUT2D eigenvalue weighted by Crippen LogP contribution is 2.27. The number of aryl methyl sites for hydroxylation is 2. The molecule has 0 saturated carbocycles. The molecule has 2 aromatic carbocycles. The number of carbonyl (C=O) groups excluding carboxylic acids is 1. The molecule has 114 valence electrons. The van der Waals surface area contributed by atoms with Gasteiger partial charge in [0.05, 0.1) is 5.75 Å². The van der Waals surface area contributed by atoms with Gasteiger partial charge in [-0.1, -0.05) is 48.0 Å². The van der Waals surface area contributed by atoms with Crippen LogP contribution in [0.1, 0.15) is 23.1 Å². The molecule has 0 aliphatic carbocycles. The lowest BCUT2D eigenvalue weighted by atomic mass is 10.0. The van der Waals surface area contributed by atoms with Crippen LogP contribution in [0.5, 0.6) is 0 Å². The molecule has 0 saturated heterocycles. The van der Waals surface area contributed by atoms with Gasteiger partial charge in [-0.2, -0.15) is 0 Å². The Bertz CT molecular complexity index is 651. The lowest BCUT2D eigenvalue weighted by Crippen LogP contribution is -2.36. The predicted molar refractivity (Wildman–Crippen MR) is 94.5 cm³/mol. The van der Waals surface area contributed by atoms with Crippen molar-refractivity contribution < 1.29 is 4.79 Å². The first kappa shape index (κ1) is 15.2. The molecule has 0 unspecified atom stereocenters. The van der Waals surface area contributed by atoms with Gasteiger partial charge in [0, 0.05) is 18.0 Å². The summed E-state index contributed by atoms with van der Waals surface area (Å²) in [6.07, 6.45) is 2.14. The Morgan fingerprint density at radius 3 is 2.73 bits per heavy atom. The van der Waals surface area contributed by atoms with E-state index in [1.54, 1.807) is 11.8 Å². The van der Waals surface area contributed by atoms with Gasteiger partial charge in [-0.05, 0) is 37.0 Å². The summed E-state index contributed by atoms with van der Waals surface area (Å²) in [5, 5.41) is 0. The van der Waals surface area contributed by atoms with Crippen molar-refractivity contribution in [3.63, 3.8) is 0 Å². The largest absolute Gasteiger partial charge is 0.311 e. The van der Waals surface area contributed by atoms with Crippen LogP contribution in [0.3, 0.4) is 0 Å². The average molecular weight is 311 g/mol. The first-order valence-electron chi connectivity index (χ1n) is 7.75. The molecule has 3 heteroatoms. The number of amides is 1. The van der Waals surface area contributed by atoms with E-state index in [9.17, 15) is 4.79 Å². The molecule has 0 fully saturated rings. The van der Waals surface area contributed by atoms with Gasteiger partial charge in [0.1, 0.15) is 0 Å². The van der Waals surface area contributed by atoms with Crippen molar-refractivity contribution in [2.24, 2.45) is 0 Å². The SMILES string of the molecule is Cc1ccc(CSCC(=O)N2CCCc3ccccc32)cc1. The highest BCUT2D eigenvalue weighted by Gasteiger charge is 2.21. The molecule has 2 aromatic rings. The summed E-state index contributed by atoms with van der Waals surface area (Å²) >= 11 is 1.70. The Labute approximate surface area is 136 Å². The van der Waals surface area contributed by atoms with E-state index >= 15 is 0 Å². The Morgan fingerprint density at radius 1 is 1.14 bits per heavy atom. The topological polar surface area (TPSA) is 20.3 Å². The average Bonchev–Trinajstić information content (AvgIpc) is 2.56.